The first kappa shape index (κ1) is 14.5. The van der Waals surface area contributed by atoms with Crippen LogP contribution in [0.3, 0.4) is 0 Å². The number of aromatic nitrogens is 3. The quantitative estimate of drug-likeness (QED) is 0.628. The van der Waals surface area contributed by atoms with Crippen molar-refractivity contribution in [3.8, 4) is 0 Å². The van der Waals surface area contributed by atoms with Crippen molar-refractivity contribution < 1.29 is 9.53 Å². The molecule has 0 amide bonds. The number of nitrogens with zero attached hydrogens (tertiary/aromatic N) is 3. The minimum absolute atomic E-state index is 0.208. The molecule has 0 radical (unpaired) electrons. The summed E-state index contributed by atoms with van der Waals surface area (Å²) < 4.78 is 6.98. The van der Waals surface area contributed by atoms with Crippen molar-refractivity contribution in [3.05, 3.63) is 46.5 Å². The van der Waals surface area contributed by atoms with Crippen molar-refractivity contribution in [2.75, 3.05) is 0 Å². The van der Waals surface area contributed by atoms with E-state index in [1.54, 1.807) is 23.0 Å². The summed E-state index contributed by atoms with van der Waals surface area (Å²) in [6.07, 6.45) is 1.89. The number of ether oxygens (including phenoxy) is 1. The number of carbonyl (C=O) groups is 1. The number of rotatable bonds is 5. The van der Waals surface area contributed by atoms with Crippen LogP contribution >= 0.6 is 11.6 Å². The Labute approximate surface area is 122 Å². The Morgan fingerprint density at radius 2 is 2.20 bits per heavy atom. The minimum atomic E-state index is -0.257. The van der Waals surface area contributed by atoms with Gasteiger partial charge in [0.15, 0.2) is 0 Å². The lowest BCUT2D eigenvalue weighted by atomic mass is 10.3. The summed E-state index contributed by atoms with van der Waals surface area (Å²) in [5, 5.41) is 4.72. The Hall–Kier alpha value is -1.88. The highest BCUT2D eigenvalue weighted by Gasteiger charge is 2.07. The Morgan fingerprint density at radius 3 is 2.80 bits per heavy atom. The third-order valence-corrected chi connectivity index (χ3v) is 3.04. The van der Waals surface area contributed by atoms with Crippen LogP contribution in [-0.4, -0.2) is 20.7 Å². The molecule has 0 saturated carbocycles. The smallest absolute Gasteiger partial charge is 0.308 e. The number of aryl methyl sites for hydroxylation is 3. The number of hydrogen-bond acceptors (Lipinski definition) is 4. The Morgan fingerprint density at radius 1 is 1.40 bits per heavy atom. The van der Waals surface area contributed by atoms with Gasteiger partial charge in [0, 0.05) is 17.5 Å². The van der Waals surface area contributed by atoms with Gasteiger partial charge >= 0.3 is 5.97 Å². The van der Waals surface area contributed by atoms with Gasteiger partial charge < -0.3 is 4.74 Å². The predicted molar refractivity (Wildman–Crippen MR) is 75.4 cm³/mol. The highest BCUT2D eigenvalue weighted by Crippen LogP contribution is 2.07. The fraction of sp³-hybridized carbons (Fsp3) is 0.357. The average Bonchev–Trinajstić information content (AvgIpc) is 2.74. The van der Waals surface area contributed by atoms with E-state index < -0.39 is 0 Å². The fourth-order valence-corrected chi connectivity index (χ4v) is 1.94. The second-order valence-electron chi connectivity index (χ2n) is 4.55. The topological polar surface area (TPSA) is 57.0 Å². The van der Waals surface area contributed by atoms with Gasteiger partial charge in [0.2, 0.25) is 0 Å². The lowest BCUT2D eigenvalue weighted by molar-refractivity contribution is -0.145. The van der Waals surface area contributed by atoms with Crippen LogP contribution < -0.4 is 0 Å². The first-order valence-corrected chi connectivity index (χ1v) is 6.69. The number of carbonyl (C=O) groups excluding carboxylic acids is 1. The lowest BCUT2D eigenvalue weighted by Gasteiger charge is -2.06. The molecular weight excluding hydrogens is 278 g/mol. The van der Waals surface area contributed by atoms with Gasteiger partial charge in [0.05, 0.1) is 18.7 Å². The third-order valence-electron chi connectivity index (χ3n) is 2.82. The molecular formula is C14H16ClN3O2. The van der Waals surface area contributed by atoms with E-state index in [0.717, 1.165) is 17.0 Å². The van der Waals surface area contributed by atoms with Gasteiger partial charge in [-0.15, -0.1) is 0 Å². The molecule has 5 nitrogen and oxygen atoms in total. The SMILES string of the molecule is Cc1cc(C)n(CCC(=O)OCc2ccc(Cl)nc2)n1. The molecule has 0 bridgehead atoms. The van der Waals surface area contributed by atoms with Crippen molar-refractivity contribution in [2.24, 2.45) is 0 Å². The largest absolute Gasteiger partial charge is 0.461 e. The fourth-order valence-electron chi connectivity index (χ4n) is 1.83. The molecule has 0 unspecified atom stereocenters. The van der Waals surface area contributed by atoms with Crippen LogP contribution in [0, 0.1) is 13.8 Å². The predicted octanol–water partition coefficient (Wildman–Crippen LogP) is 2.68. The maximum Gasteiger partial charge on any atom is 0.308 e. The molecule has 0 N–H and O–H groups in total. The standard InChI is InChI=1S/C14H16ClN3O2/c1-10-7-11(2)18(17-10)6-5-14(19)20-9-12-3-4-13(15)16-8-12/h3-4,7-8H,5-6,9H2,1-2H3. The van der Waals surface area contributed by atoms with Gasteiger partial charge in [0.1, 0.15) is 11.8 Å². The number of hydrogen-bond donors (Lipinski definition) is 0. The molecule has 106 valence electrons. The average molecular weight is 294 g/mol. The second kappa shape index (κ2) is 6.52. The number of pyridine rings is 1. The van der Waals surface area contributed by atoms with E-state index >= 15 is 0 Å². The summed E-state index contributed by atoms with van der Waals surface area (Å²) in [6.45, 7) is 4.62. The number of esters is 1. The molecule has 0 aliphatic rings. The van der Waals surface area contributed by atoms with Crippen LogP contribution in [0.15, 0.2) is 24.4 Å². The van der Waals surface area contributed by atoms with E-state index in [9.17, 15) is 4.79 Å². The van der Waals surface area contributed by atoms with Gasteiger partial charge in [-0.1, -0.05) is 17.7 Å². The zero-order valence-corrected chi connectivity index (χ0v) is 12.2. The highest BCUT2D eigenvalue weighted by atomic mass is 35.5. The highest BCUT2D eigenvalue weighted by molar-refractivity contribution is 6.29. The summed E-state index contributed by atoms with van der Waals surface area (Å²) in [4.78, 5) is 15.6. The van der Waals surface area contributed by atoms with Crippen LogP contribution in [0.25, 0.3) is 0 Å². The Kier molecular flexibility index (Phi) is 4.74. The summed E-state index contributed by atoms with van der Waals surface area (Å²) in [6, 6.07) is 5.43. The molecule has 0 aliphatic heterocycles. The van der Waals surface area contributed by atoms with Gasteiger partial charge in [-0.25, -0.2) is 4.98 Å². The monoisotopic (exact) mass is 293 g/mol. The van der Waals surface area contributed by atoms with Crippen molar-refractivity contribution in [1.29, 1.82) is 0 Å². The Bertz CT molecular complexity index is 593. The van der Waals surface area contributed by atoms with Crippen LogP contribution in [-0.2, 0) is 22.7 Å². The Balaban J connectivity index is 1.78. The first-order chi connectivity index (χ1) is 9.54. The third kappa shape index (κ3) is 4.06. The molecule has 0 atom stereocenters. The maximum atomic E-state index is 11.7. The van der Waals surface area contributed by atoms with Crippen molar-refractivity contribution in [3.63, 3.8) is 0 Å². The molecule has 0 aromatic carbocycles. The lowest BCUT2D eigenvalue weighted by Crippen LogP contribution is -2.11. The van der Waals surface area contributed by atoms with Crippen molar-refractivity contribution in [2.45, 2.75) is 33.4 Å². The zero-order chi connectivity index (χ0) is 14.5. The summed E-state index contributed by atoms with van der Waals surface area (Å²) in [7, 11) is 0. The summed E-state index contributed by atoms with van der Waals surface area (Å²) >= 11 is 5.68. The molecule has 20 heavy (non-hydrogen) atoms. The number of halogens is 1. The molecule has 0 spiro atoms. The van der Waals surface area contributed by atoms with Gasteiger partial charge in [-0.3, -0.25) is 9.48 Å². The van der Waals surface area contributed by atoms with Crippen LogP contribution in [0.2, 0.25) is 5.15 Å². The van der Waals surface area contributed by atoms with Gasteiger partial charge in [-0.2, -0.15) is 5.10 Å². The van der Waals surface area contributed by atoms with E-state index in [1.807, 2.05) is 19.9 Å². The maximum absolute atomic E-state index is 11.7. The normalized spacial score (nSPS) is 10.6. The molecule has 2 heterocycles. The van der Waals surface area contributed by atoms with Crippen molar-refractivity contribution >= 4 is 17.6 Å². The molecule has 2 rings (SSSR count). The molecule has 2 aromatic heterocycles. The van der Waals surface area contributed by atoms with Gasteiger partial charge in [0.25, 0.3) is 0 Å². The molecule has 6 heteroatoms. The summed E-state index contributed by atoms with van der Waals surface area (Å²) in [5.41, 5.74) is 2.80. The van der Waals surface area contributed by atoms with Crippen LogP contribution in [0.1, 0.15) is 23.4 Å². The van der Waals surface area contributed by atoms with E-state index in [4.69, 9.17) is 16.3 Å². The second-order valence-corrected chi connectivity index (χ2v) is 4.94. The van der Waals surface area contributed by atoms with E-state index in [1.165, 1.54) is 0 Å². The molecule has 0 aliphatic carbocycles. The van der Waals surface area contributed by atoms with E-state index in [-0.39, 0.29) is 12.6 Å². The molecule has 0 saturated heterocycles. The van der Waals surface area contributed by atoms with E-state index in [0.29, 0.717) is 18.1 Å². The van der Waals surface area contributed by atoms with Crippen molar-refractivity contribution in [1.82, 2.24) is 14.8 Å². The minimum Gasteiger partial charge on any atom is -0.461 e. The molecule has 2 aromatic rings. The summed E-state index contributed by atoms with van der Waals surface area (Å²) in [5.74, 6) is -0.257. The molecule has 0 fully saturated rings. The van der Waals surface area contributed by atoms with E-state index in [2.05, 4.69) is 10.1 Å². The van der Waals surface area contributed by atoms with Crippen LogP contribution in [0.4, 0.5) is 0 Å². The van der Waals surface area contributed by atoms with Crippen LogP contribution in [0.5, 0.6) is 0 Å². The first-order valence-electron chi connectivity index (χ1n) is 6.31. The van der Waals surface area contributed by atoms with Gasteiger partial charge in [-0.05, 0) is 26.0 Å². The zero-order valence-electron chi connectivity index (χ0n) is 11.5.